The van der Waals surface area contributed by atoms with Crippen molar-refractivity contribution < 1.29 is 4.74 Å². The summed E-state index contributed by atoms with van der Waals surface area (Å²) >= 11 is 1.74. The summed E-state index contributed by atoms with van der Waals surface area (Å²) in [5, 5.41) is 19.3. The number of hydrogen-bond acceptors (Lipinski definition) is 7. The summed E-state index contributed by atoms with van der Waals surface area (Å²) < 4.78 is 7.41. The molecule has 7 nitrogen and oxygen atoms in total. The van der Waals surface area contributed by atoms with Gasteiger partial charge in [0.05, 0.1) is 12.1 Å². The van der Waals surface area contributed by atoms with Crippen LogP contribution >= 0.6 is 11.3 Å². The van der Waals surface area contributed by atoms with Crippen molar-refractivity contribution in [1.29, 1.82) is 0 Å². The normalized spacial score (nSPS) is 21.3. The summed E-state index contributed by atoms with van der Waals surface area (Å²) in [7, 11) is 0. The van der Waals surface area contributed by atoms with Crippen LogP contribution in [-0.4, -0.2) is 38.4 Å². The molecule has 0 amide bonds. The second-order valence-corrected chi connectivity index (χ2v) is 7.71. The monoisotopic (exact) mass is 348 g/mol. The van der Waals surface area contributed by atoms with Gasteiger partial charge in [0.15, 0.2) is 5.82 Å². The molecule has 2 aliphatic rings. The second-order valence-electron chi connectivity index (χ2n) is 6.81. The van der Waals surface area contributed by atoms with Gasteiger partial charge in [-0.1, -0.05) is 12.8 Å². The highest BCUT2D eigenvalue weighted by Crippen LogP contribution is 2.39. The van der Waals surface area contributed by atoms with Gasteiger partial charge < -0.3 is 4.74 Å². The Morgan fingerprint density at radius 1 is 1.29 bits per heavy atom. The molecule has 0 radical (unpaired) electrons. The average Bonchev–Trinajstić information content (AvgIpc) is 3.36. The molecule has 2 aromatic heterocycles. The predicted molar refractivity (Wildman–Crippen MR) is 90.5 cm³/mol. The predicted octanol–water partition coefficient (Wildman–Crippen LogP) is 2.12. The van der Waals surface area contributed by atoms with Gasteiger partial charge in [-0.25, -0.2) is 9.67 Å². The molecule has 1 aliphatic heterocycles. The van der Waals surface area contributed by atoms with Crippen molar-refractivity contribution in [3.8, 4) is 0 Å². The molecule has 1 N–H and O–H groups in total. The van der Waals surface area contributed by atoms with E-state index in [1.165, 1.54) is 17.8 Å². The van der Waals surface area contributed by atoms with Crippen LogP contribution in [0.25, 0.3) is 0 Å². The van der Waals surface area contributed by atoms with Crippen molar-refractivity contribution in [3.63, 3.8) is 0 Å². The van der Waals surface area contributed by atoms with Gasteiger partial charge in [-0.3, -0.25) is 5.32 Å². The molecule has 0 bridgehead atoms. The maximum absolute atomic E-state index is 5.44. The molecule has 24 heavy (non-hydrogen) atoms. The molecule has 1 saturated carbocycles. The van der Waals surface area contributed by atoms with Crippen molar-refractivity contribution in [2.45, 2.75) is 57.2 Å². The zero-order chi connectivity index (χ0) is 16.2. The highest BCUT2D eigenvalue weighted by molar-refractivity contribution is 7.09. The number of nitrogens with zero attached hydrogens (tertiary/aromatic N) is 5. The number of hydrogen-bond donors (Lipinski definition) is 1. The first-order valence-electron chi connectivity index (χ1n) is 8.83. The standard InChI is InChI=1S/C16H24N6OS/c1-2-6-16(5-1,15-17-7-10-24-15)18-11-14-19-20-21-22(14)12-13-3-8-23-9-4-13/h7,10,13,18H,1-6,8-9,11-12H2. The Morgan fingerprint density at radius 3 is 2.88 bits per heavy atom. The molecule has 1 aliphatic carbocycles. The number of ether oxygens (including phenoxy) is 1. The third-order valence-corrected chi connectivity index (χ3v) is 6.24. The minimum atomic E-state index is 0.00360. The molecule has 3 heterocycles. The van der Waals surface area contributed by atoms with Crippen molar-refractivity contribution in [1.82, 2.24) is 30.5 Å². The first-order chi connectivity index (χ1) is 11.9. The van der Waals surface area contributed by atoms with Gasteiger partial charge in [-0.15, -0.1) is 16.4 Å². The summed E-state index contributed by atoms with van der Waals surface area (Å²) in [6.45, 7) is 3.29. The van der Waals surface area contributed by atoms with Crippen LogP contribution in [0.15, 0.2) is 11.6 Å². The fourth-order valence-corrected chi connectivity index (χ4v) is 4.69. The van der Waals surface area contributed by atoms with E-state index in [1.807, 2.05) is 10.9 Å². The first kappa shape index (κ1) is 16.1. The lowest BCUT2D eigenvalue weighted by Gasteiger charge is -2.28. The van der Waals surface area contributed by atoms with Crippen molar-refractivity contribution in [2.24, 2.45) is 5.92 Å². The third-order valence-electron chi connectivity index (χ3n) is 5.26. The summed E-state index contributed by atoms with van der Waals surface area (Å²) in [6.07, 6.45) is 8.87. The van der Waals surface area contributed by atoms with Gasteiger partial charge in [0.25, 0.3) is 0 Å². The van der Waals surface area contributed by atoms with E-state index in [-0.39, 0.29) is 5.54 Å². The molecule has 4 rings (SSSR count). The van der Waals surface area contributed by atoms with Crippen LogP contribution in [0.2, 0.25) is 0 Å². The number of rotatable bonds is 6. The Kier molecular flexibility index (Phi) is 4.86. The molecule has 0 atom stereocenters. The van der Waals surface area contributed by atoms with E-state index < -0.39 is 0 Å². The minimum Gasteiger partial charge on any atom is -0.381 e. The van der Waals surface area contributed by atoms with Crippen LogP contribution in [0.4, 0.5) is 0 Å². The van der Waals surface area contributed by atoms with Crippen LogP contribution in [0.5, 0.6) is 0 Å². The van der Waals surface area contributed by atoms with Crippen molar-refractivity contribution in [3.05, 3.63) is 22.4 Å². The van der Waals surface area contributed by atoms with Gasteiger partial charge >= 0.3 is 0 Å². The summed E-state index contributed by atoms with van der Waals surface area (Å²) in [4.78, 5) is 4.57. The topological polar surface area (TPSA) is 77.8 Å². The fraction of sp³-hybridized carbons (Fsp3) is 0.750. The molecule has 2 fully saturated rings. The van der Waals surface area contributed by atoms with Crippen LogP contribution in [0.1, 0.15) is 49.4 Å². The highest BCUT2D eigenvalue weighted by atomic mass is 32.1. The van der Waals surface area contributed by atoms with Crippen LogP contribution < -0.4 is 5.32 Å². The lowest BCUT2D eigenvalue weighted by molar-refractivity contribution is 0.0596. The molecule has 0 aromatic carbocycles. The van der Waals surface area contributed by atoms with Crippen molar-refractivity contribution >= 4 is 11.3 Å². The second kappa shape index (κ2) is 7.25. The zero-order valence-corrected chi connectivity index (χ0v) is 14.7. The lowest BCUT2D eigenvalue weighted by atomic mass is 9.98. The zero-order valence-electron chi connectivity index (χ0n) is 13.9. The van der Waals surface area contributed by atoms with E-state index in [0.717, 1.165) is 51.3 Å². The Bertz CT molecular complexity index is 631. The summed E-state index contributed by atoms with van der Waals surface area (Å²) in [5.41, 5.74) is 0.00360. The number of aromatic nitrogens is 5. The van der Waals surface area contributed by atoms with Gasteiger partial charge in [0, 0.05) is 31.3 Å². The maximum Gasteiger partial charge on any atom is 0.165 e. The SMILES string of the molecule is c1csc(C2(NCc3nnnn3CC3CCOCC3)CCCC2)n1. The Morgan fingerprint density at radius 2 is 2.12 bits per heavy atom. The molecule has 0 spiro atoms. The number of thiazole rings is 1. The quantitative estimate of drug-likeness (QED) is 0.861. The van der Waals surface area contributed by atoms with Gasteiger partial charge in [0.1, 0.15) is 5.01 Å². The van der Waals surface area contributed by atoms with E-state index in [1.54, 1.807) is 11.3 Å². The van der Waals surface area contributed by atoms with Crippen LogP contribution in [0, 0.1) is 5.92 Å². The molecule has 1 saturated heterocycles. The molecular weight excluding hydrogens is 324 g/mol. The first-order valence-corrected chi connectivity index (χ1v) is 9.71. The number of tetrazole rings is 1. The minimum absolute atomic E-state index is 0.00360. The lowest BCUT2D eigenvalue weighted by Crippen LogP contribution is -2.40. The average molecular weight is 348 g/mol. The Balaban J connectivity index is 1.43. The molecule has 130 valence electrons. The molecule has 2 aromatic rings. The van der Waals surface area contributed by atoms with Crippen LogP contribution in [0.3, 0.4) is 0 Å². The Labute approximate surface area is 145 Å². The number of nitrogens with one attached hydrogen (secondary N) is 1. The van der Waals surface area contributed by atoms with Gasteiger partial charge in [0.2, 0.25) is 0 Å². The smallest absolute Gasteiger partial charge is 0.165 e. The molecule has 8 heteroatoms. The highest BCUT2D eigenvalue weighted by Gasteiger charge is 2.37. The van der Waals surface area contributed by atoms with E-state index in [4.69, 9.17) is 4.74 Å². The largest absolute Gasteiger partial charge is 0.381 e. The van der Waals surface area contributed by atoms with E-state index >= 15 is 0 Å². The summed E-state index contributed by atoms with van der Waals surface area (Å²) in [5.74, 6) is 1.53. The Hall–Kier alpha value is -1.38. The summed E-state index contributed by atoms with van der Waals surface area (Å²) in [6, 6.07) is 0. The molecule has 0 unspecified atom stereocenters. The fourth-order valence-electron chi connectivity index (χ4n) is 3.82. The van der Waals surface area contributed by atoms with E-state index in [9.17, 15) is 0 Å². The molecular formula is C16H24N6OS. The van der Waals surface area contributed by atoms with E-state index in [2.05, 4.69) is 31.2 Å². The van der Waals surface area contributed by atoms with E-state index in [0.29, 0.717) is 12.5 Å². The maximum atomic E-state index is 5.44. The van der Waals surface area contributed by atoms with Gasteiger partial charge in [-0.2, -0.15) is 0 Å². The van der Waals surface area contributed by atoms with Crippen LogP contribution in [-0.2, 0) is 23.4 Å². The van der Waals surface area contributed by atoms with Crippen molar-refractivity contribution in [2.75, 3.05) is 13.2 Å². The third kappa shape index (κ3) is 3.36. The van der Waals surface area contributed by atoms with Gasteiger partial charge in [-0.05, 0) is 42.0 Å².